The molecule has 86 heavy (non-hydrogen) atoms. The lowest BCUT2D eigenvalue weighted by atomic mass is 9.96. The van der Waals surface area contributed by atoms with Crippen molar-refractivity contribution in [3.63, 3.8) is 0 Å². The van der Waals surface area contributed by atoms with E-state index in [0.717, 1.165) is 89.9 Å². The molecule has 17 atom stereocenters. The van der Waals surface area contributed by atoms with E-state index in [2.05, 4.69) is 141 Å². The van der Waals surface area contributed by atoms with Gasteiger partial charge in [-0.1, -0.05) is 167 Å². The van der Waals surface area contributed by atoms with Crippen molar-refractivity contribution in [3.05, 3.63) is 134 Å². The summed E-state index contributed by atoms with van der Waals surface area (Å²) in [5.41, 5.74) is 0. The first kappa shape index (κ1) is 76.2. The van der Waals surface area contributed by atoms with E-state index in [1.165, 1.54) is 25.7 Å². The minimum Gasteiger partial charge on any atom is -0.394 e. The normalized spacial score (nSPS) is 29.7. The second kappa shape index (κ2) is 47.9. The molecule has 3 rings (SSSR count). The third-order valence-corrected chi connectivity index (χ3v) is 14.7. The maximum Gasteiger partial charge on any atom is 0.220 e. The van der Waals surface area contributed by atoms with Crippen LogP contribution in [-0.4, -0.2) is 193 Å². The van der Waals surface area contributed by atoms with Crippen LogP contribution in [0.4, 0.5) is 0 Å². The highest BCUT2D eigenvalue weighted by molar-refractivity contribution is 5.76. The van der Waals surface area contributed by atoms with E-state index in [4.69, 9.17) is 28.4 Å². The number of hydrogen-bond acceptors (Lipinski definition) is 18. The summed E-state index contributed by atoms with van der Waals surface area (Å²) in [7, 11) is 0. The van der Waals surface area contributed by atoms with Gasteiger partial charge in [0.2, 0.25) is 5.91 Å². The number of allylic oxidation sites excluding steroid dienone is 21. The summed E-state index contributed by atoms with van der Waals surface area (Å²) in [6.45, 7) is 1.48. The number of unbranched alkanes of at least 4 members (excludes halogenated alkanes) is 8. The van der Waals surface area contributed by atoms with Crippen LogP contribution >= 0.6 is 0 Å². The van der Waals surface area contributed by atoms with Crippen molar-refractivity contribution in [2.75, 3.05) is 26.4 Å². The van der Waals surface area contributed by atoms with Crippen molar-refractivity contribution in [2.24, 2.45) is 0 Å². The van der Waals surface area contributed by atoms with Crippen molar-refractivity contribution >= 4 is 5.91 Å². The summed E-state index contributed by atoms with van der Waals surface area (Å²) in [6.07, 6.45) is 38.6. The van der Waals surface area contributed by atoms with E-state index < -0.39 is 131 Å². The fourth-order valence-electron chi connectivity index (χ4n) is 9.53. The Bertz CT molecular complexity index is 2080. The van der Waals surface area contributed by atoms with E-state index in [1.807, 2.05) is 0 Å². The number of amides is 1. The zero-order valence-corrected chi connectivity index (χ0v) is 51.0. The standard InChI is InChI=1S/C67H107NO18/c1-3-5-7-9-11-13-15-17-19-20-21-22-23-24-25-26-27-28-29-30-31-33-35-37-39-41-43-45-55(73)68-50(51(72)44-42-40-38-36-34-32-18-16-14-12-10-8-6-4-2)49-81-65-61(79)58(76)63(53(47-70)83-65)86-67-62(80)59(77)64(54(48-71)84-67)85-66-60(78)57(75)56(74)52(46-69)82-66/h5,7,11,13-14,16-17,19,21-22,24-25,27-28,30-31,34-37,42,44,50-54,56-67,69-72,74-80H,3-4,6,8-10,12,15,18,20,23,26,29,32-33,38-41,43,45-49H2,1-2H3,(H,68,73)/b7-5-,13-11-,16-14+,19-17-,22-21-,25-24-,28-27-,31-30-,36-34+,37-35-,44-42+. The van der Waals surface area contributed by atoms with Crippen LogP contribution in [0.3, 0.4) is 0 Å². The molecule has 0 saturated carbocycles. The average molecular weight is 1210 g/mol. The van der Waals surface area contributed by atoms with Gasteiger partial charge in [0, 0.05) is 6.42 Å². The molecule has 3 heterocycles. The van der Waals surface area contributed by atoms with E-state index in [-0.39, 0.29) is 12.3 Å². The first-order valence-electron chi connectivity index (χ1n) is 31.4. The smallest absolute Gasteiger partial charge is 0.220 e. The zero-order valence-electron chi connectivity index (χ0n) is 51.0. The number of rotatable bonds is 44. The van der Waals surface area contributed by atoms with Gasteiger partial charge in [-0.25, -0.2) is 0 Å². The molecule has 488 valence electrons. The molecule has 0 spiro atoms. The summed E-state index contributed by atoms with van der Waals surface area (Å²) in [6, 6.07) is -1.03. The van der Waals surface area contributed by atoms with Gasteiger partial charge in [-0.3, -0.25) is 4.79 Å². The highest BCUT2D eigenvalue weighted by atomic mass is 16.8. The number of carbonyl (C=O) groups excluding carboxylic acids is 1. The van der Waals surface area contributed by atoms with Gasteiger partial charge in [-0.05, 0) is 109 Å². The molecule has 0 aliphatic carbocycles. The molecule has 0 aromatic rings. The fraction of sp³-hybridized carbons (Fsp3) is 0.657. The van der Waals surface area contributed by atoms with Gasteiger partial charge < -0.3 is 89.9 Å². The molecule has 12 N–H and O–H groups in total. The molecule has 0 radical (unpaired) electrons. The molecular formula is C67H107NO18. The molecular weight excluding hydrogens is 1110 g/mol. The minimum absolute atomic E-state index is 0.167. The molecule has 17 unspecified atom stereocenters. The van der Waals surface area contributed by atoms with E-state index in [1.54, 1.807) is 12.2 Å². The SMILES string of the molecule is CC/C=C\C/C=C\C/C=C\C/C=C\C/C=C\C/C=C\C/C=C\C/C=C\CCCCC(=O)NC(COC1OC(CO)C(OC2OC(CO)C(OC3OC(CO)C(O)C(O)C3O)C(O)C2O)C(O)C1O)C(O)/C=C/CC/C=C/CC/C=C/CCCCCC. The van der Waals surface area contributed by atoms with Crippen molar-refractivity contribution in [1.29, 1.82) is 0 Å². The lowest BCUT2D eigenvalue weighted by Gasteiger charge is -2.48. The maximum absolute atomic E-state index is 13.3. The summed E-state index contributed by atoms with van der Waals surface area (Å²) < 4.78 is 34.2. The van der Waals surface area contributed by atoms with E-state index >= 15 is 0 Å². The van der Waals surface area contributed by atoms with Crippen LogP contribution in [0.15, 0.2) is 134 Å². The van der Waals surface area contributed by atoms with Gasteiger partial charge in [0.15, 0.2) is 18.9 Å². The quantitative estimate of drug-likeness (QED) is 0.0225. The Balaban J connectivity index is 1.49. The minimum atomic E-state index is -1.99. The summed E-state index contributed by atoms with van der Waals surface area (Å²) in [5.74, 6) is -0.340. The van der Waals surface area contributed by atoms with Crippen molar-refractivity contribution in [2.45, 2.75) is 253 Å². The van der Waals surface area contributed by atoms with Crippen LogP contribution < -0.4 is 5.32 Å². The van der Waals surface area contributed by atoms with Crippen LogP contribution in [0, 0.1) is 0 Å². The molecule has 3 aliphatic rings. The van der Waals surface area contributed by atoms with Gasteiger partial charge in [0.25, 0.3) is 0 Å². The van der Waals surface area contributed by atoms with Gasteiger partial charge in [-0.2, -0.15) is 0 Å². The number of aliphatic hydroxyl groups excluding tert-OH is 11. The van der Waals surface area contributed by atoms with Crippen LogP contribution in [0.25, 0.3) is 0 Å². The molecule has 19 heteroatoms. The highest BCUT2D eigenvalue weighted by Gasteiger charge is 2.53. The monoisotopic (exact) mass is 1210 g/mol. The van der Waals surface area contributed by atoms with Gasteiger partial charge in [0.05, 0.1) is 38.6 Å². The Labute approximate surface area is 511 Å². The molecule has 0 aromatic carbocycles. The average Bonchev–Trinajstić information content (AvgIpc) is 1.96. The van der Waals surface area contributed by atoms with Crippen LogP contribution in [0.2, 0.25) is 0 Å². The van der Waals surface area contributed by atoms with Crippen LogP contribution in [0.5, 0.6) is 0 Å². The molecule has 0 bridgehead atoms. The summed E-state index contributed by atoms with van der Waals surface area (Å²) in [5, 5.41) is 120. The van der Waals surface area contributed by atoms with Crippen molar-refractivity contribution in [3.8, 4) is 0 Å². The Morgan fingerprint density at radius 1 is 0.430 bits per heavy atom. The number of carbonyl (C=O) groups is 1. The largest absolute Gasteiger partial charge is 0.394 e. The second-order valence-corrected chi connectivity index (χ2v) is 21.8. The molecule has 3 saturated heterocycles. The van der Waals surface area contributed by atoms with E-state index in [9.17, 15) is 61.0 Å². The topological polar surface area (TPSA) is 307 Å². The number of ether oxygens (including phenoxy) is 6. The highest BCUT2D eigenvalue weighted by Crippen LogP contribution is 2.33. The van der Waals surface area contributed by atoms with Gasteiger partial charge in [-0.15, -0.1) is 0 Å². The maximum atomic E-state index is 13.3. The summed E-state index contributed by atoms with van der Waals surface area (Å²) >= 11 is 0. The fourth-order valence-corrected chi connectivity index (χ4v) is 9.53. The van der Waals surface area contributed by atoms with Crippen LogP contribution in [0.1, 0.15) is 149 Å². The molecule has 3 fully saturated rings. The number of hydrogen-bond donors (Lipinski definition) is 12. The van der Waals surface area contributed by atoms with Gasteiger partial charge in [0.1, 0.15) is 73.2 Å². The lowest BCUT2D eigenvalue weighted by Crippen LogP contribution is -2.66. The Morgan fingerprint density at radius 2 is 0.814 bits per heavy atom. The predicted octanol–water partition coefficient (Wildman–Crippen LogP) is 6.65. The predicted molar refractivity (Wildman–Crippen MR) is 332 cm³/mol. The molecule has 0 aromatic heterocycles. The summed E-state index contributed by atoms with van der Waals surface area (Å²) in [4.78, 5) is 13.3. The first-order valence-corrected chi connectivity index (χ1v) is 31.4. The third kappa shape index (κ3) is 30.4. The molecule has 19 nitrogen and oxygen atoms in total. The van der Waals surface area contributed by atoms with Crippen molar-refractivity contribution < 1.29 is 89.4 Å². The molecule has 1 amide bonds. The molecule has 3 aliphatic heterocycles. The number of nitrogens with one attached hydrogen (secondary N) is 1. The Kier molecular flexibility index (Phi) is 42.4. The second-order valence-electron chi connectivity index (χ2n) is 21.8. The van der Waals surface area contributed by atoms with Crippen LogP contribution in [-0.2, 0) is 33.2 Å². The zero-order chi connectivity index (χ0) is 62.6. The number of aliphatic hydroxyl groups is 11. The van der Waals surface area contributed by atoms with Gasteiger partial charge >= 0.3 is 0 Å². The first-order chi connectivity index (χ1) is 41.8. The lowest BCUT2D eigenvalue weighted by molar-refractivity contribution is -0.379. The van der Waals surface area contributed by atoms with E-state index in [0.29, 0.717) is 12.8 Å². The van der Waals surface area contributed by atoms with Crippen molar-refractivity contribution in [1.82, 2.24) is 5.32 Å². The third-order valence-electron chi connectivity index (χ3n) is 14.7. The Hall–Kier alpha value is -4.07. The Morgan fingerprint density at radius 3 is 1.28 bits per heavy atom.